The highest BCUT2D eigenvalue weighted by Crippen LogP contribution is 2.27. The molecular weight excluding hydrogens is 280 g/mol. The largest absolute Gasteiger partial charge is 0.493 e. The number of amides is 2. The molecule has 2 N–H and O–H groups in total. The highest BCUT2D eigenvalue weighted by molar-refractivity contribution is 6.07. The van der Waals surface area contributed by atoms with E-state index in [9.17, 15) is 9.59 Å². The number of hydrogen-bond acceptors (Lipinski definition) is 3. The van der Waals surface area contributed by atoms with E-state index in [1.165, 1.54) is 0 Å². The van der Waals surface area contributed by atoms with Crippen LogP contribution in [0.15, 0.2) is 42.5 Å². The number of hydrogen-bond donors (Lipinski definition) is 2. The summed E-state index contributed by atoms with van der Waals surface area (Å²) in [4.78, 5) is 23.8. The molecule has 5 nitrogen and oxygen atoms in total. The first kappa shape index (κ1) is 14.1. The van der Waals surface area contributed by atoms with E-state index >= 15 is 0 Å². The average Bonchev–Trinajstić information content (AvgIpc) is 2.87. The van der Waals surface area contributed by atoms with Crippen LogP contribution in [0.25, 0.3) is 0 Å². The molecule has 112 valence electrons. The van der Waals surface area contributed by atoms with Gasteiger partial charge in [0.25, 0.3) is 5.91 Å². The van der Waals surface area contributed by atoms with Gasteiger partial charge in [0.1, 0.15) is 5.75 Å². The Balaban J connectivity index is 1.81. The van der Waals surface area contributed by atoms with Crippen molar-refractivity contribution in [3.63, 3.8) is 0 Å². The van der Waals surface area contributed by atoms with E-state index in [-0.39, 0.29) is 11.8 Å². The van der Waals surface area contributed by atoms with Gasteiger partial charge < -0.3 is 15.4 Å². The molecule has 0 radical (unpaired) electrons. The molecule has 0 saturated heterocycles. The third-order valence-corrected chi connectivity index (χ3v) is 3.42. The van der Waals surface area contributed by atoms with Gasteiger partial charge in [0.05, 0.1) is 18.6 Å². The Morgan fingerprint density at radius 2 is 2.09 bits per heavy atom. The maximum Gasteiger partial charge on any atom is 0.259 e. The van der Waals surface area contributed by atoms with Gasteiger partial charge in [-0.1, -0.05) is 12.1 Å². The lowest BCUT2D eigenvalue weighted by Gasteiger charge is -2.11. The van der Waals surface area contributed by atoms with E-state index in [0.717, 1.165) is 11.3 Å². The molecule has 1 heterocycles. The van der Waals surface area contributed by atoms with Crippen molar-refractivity contribution in [2.45, 2.75) is 13.3 Å². The Morgan fingerprint density at radius 1 is 1.27 bits per heavy atom. The zero-order chi connectivity index (χ0) is 15.5. The molecule has 1 aliphatic heterocycles. The fourth-order valence-corrected chi connectivity index (χ4v) is 2.44. The minimum Gasteiger partial charge on any atom is -0.493 e. The van der Waals surface area contributed by atoms with Crippen molar-refractivity contribution >= 4 is 23.2 Å². The molecule has 0 fully saturated rings. The molecule has 3 rings (SSSR count). The van der Waals surface area contributed by atoms with Gasteiger partial charge in [-0.05, 0) is 42.8 Å². The summed E-state index contributed by atoms with van der Waals surface area (Å²) in [6.07, 6.45) is 0.342. The van der Waals surface area contributed by atoms with Gasteiger partial charge in [-0.15, -0.1) is 0 Å². The third-order valence-electron chi connectivity index (χ3n) is 3.42. The fourth-order valence-electron chi connectivity index (χ4n) is 2.44. The monoisotopic (exact) mass is 296 g/mol. The molecule has 0 unspecified atom stereocenters. The molecule has 0 bridgehead atoms. The highest BCUT2D eigenvalue weighted by atomic mass is 16.5. The fraction of sp³-hybridized carbons (Fsp3) is 0.176. The zero-order valence-corrected chi connectivity index (χ0v) is 12.2. The summed E-state index contributed by atoms with van der Waals surface area (Å²) in [6, 6.07) is 12.5. The van der Waals surface area contributed by atoms with Gasteiger partial charge in [-0.2, -0.15) is 0 Å². The number of rotatable bonds is 4. The highest BCUT2D eigenvalue weighted by Gasteiger charge is 2.18. The number of ether oxygens (including phenoxy) is 1. The lowest BCUT2D eigenvalue weighted by molar-refractivity contribution is -0.115. The molecule has 22 heavy (non-hydrogen) atoms. The summed E-state index contributed by atoms with van der Waals surface area (Å²) in [5.41, 5.74) is 2.84. The molecule has 2 aromatic rings. The summed E-state index contributed by atoms with van der Waals surface area (Å²) in [7, 11) is 0. The van der Waals surface area contributed by atoms with Crippen molar-refractivity contribution in [1.82, 2.24) is 0 Å². The molecule has 2 aromatic carbocycles. The van der Waals surface area contributed by atoms with Crippen molar-refractivity contribution in [3.8, 4) is 5.75 Å². The van der Waals surface area contributed by atoms with Crippen LogP contribution >= 0.6 is 0 Å². The van der Waals surface area contributed by atoms with Crippen LogP contribution in [-0.2, 0) is 11.2 Å². The van der Waals surface area contributed by atoms with Gasteiger partial charge in [-0.3, -0.25) is 9.59 Å². The molecule has 0 aromatic heterocycles. The number of anilines is 2. The minimum atomic E-state index is -0.235. The molecular formula is C17H16N2O3. The van der Waals surface area contributed by atoms with E-state index in [4.69, 9.17) is 4.74 Å². The smallest absolute Gasteiger partial charge is 0.259 e. The number of benzene rings is 2. The average molecular weight is 296 g/mol. The van der Waals surface area contributed by atoms with E-state index in [0.29, 0.717) is 30.0 Å². The Kier molecular flexibility index (Phi) is 3.78. The summed E-state index contributed by atoms with van der Waals surface area (Å²) in [5, 5.41) is 5.61. The molecule has 5 heteroatoms. The second-order valence-corrected chi connectivity index (χ2v) is 4.98. The van der Waals surface area contributed by atoms with Crippen molar-refractivity contribution < 1.29 is 14.3 Å². The van der Waals surface area contributed by atoms with Gasteiger partial charge >= 0.3 is 0 Å². The molecule has 0 atom stereocenters. The summed E-state index contributed by atoms with van der Waals surface area (Å²) < 4.78 is 5.47. The van der Waals surface area contributed by atoms with E-state index in [2.05, 4.69) is 10.6 Å². The Morgan fingerprint density at radius 3 is 2.91 bits per heavy atom. The van der Waals surface area contributed by atoms with Crippen LogP contribution in [0, 0.1) is 0 Å². The molecule has 1 aliphatic rings. The normalized spacial score (nSPS) is 12.5. The first-order chi connectivity index (χ1) is 10.7. The van der Waals surface area contributed by atoms with Crippen LogP contribution in [0.2, 0.25) is 0 Å². The molecule has 0 saturated carbocycles. The summed E-state index contributed by atoms with van der Waals surface area (Å²) in [6.45, 7) is 2.37. The van der Waals surface area contributed by atoms with Crippen LogP contribution in [0.5, 0.6) is 5.75 Å². The van der Waals surface area contributed by atoms with Gasteiger partial charge in [-0.25, -0.2) is 0 Å². The number of carbonyl (C=O) groups is 2. The first-order valence-electron chi connectivity index (χ1n) is 7.13. The maximum atomic E-state index is 12.4. The van der Waals surface area contributed by atoms with Crippen molar-refractivity contribution in [1.29, 1.82) is 0 Å². The SMILES string of the molecule is CCOc1ccccc1C(=O)Nc1ccc2c(c1)CC(=O)N2. The minimum absolute atomic E-state index is 0.0276. The number of nitrogens with one attached hydrogen (secondary N) is 2. The number of fused-ring (bicyclic) bond motifs is 1. The predicted molar refractivity (Wildman–Crippen MR) is 84.3 cm³/mol. The van der Waals surface area contributed by atoms with Crippen LogP contribution in [0.3, 0.4) is 0 Å². The number of carbonyl (C=O) groups excluding carboxylic acids is 2. The number of para-hydroxylation sites is 1. The molecule has 0 spiro atoms. The Labute approximate surface area is 128 Å². The van der Waals surface area contributed by atoms with E-state index in [1.807, 2.05) is 19.1 Å². The summed E-state index contributed by atoms with van der Waals surface area (Å²) >= 11 is 0. The quantitative estimate of drug-likeness (QED) is 0.911. The second-order valence-electron chi connectivity index (χ2n) is 4.98. The second kappa shape index (κ2) is 5.89. The molecule has 0 aliphatic carbocycles. The Hall–Kier alpha value is -2.82. The van der Waals surface area contributed by atoms with Gasteiger partial charge in [0.15, 0.2) is 0 Å². The lowest BCUT2D eigenvalue weighted by Crippen LogP contribution is -2.13. The van der Waals surface area contributed by atoms with E-state index in [1.54, 1.807) is 30.3 Å². The topological polar surface area (TPSA) is 67.4 Å². The van der Waals surface area contributed by atoms with Crippen molar-refractivity contribution in [2.24, 2.45) is 0 Å². The van der Waals surface area contributed by atoms with Crippen molar-refractivity contribution in [3.05, 3.63) is 53.6 Å². The van der Waals surface area contributed by atoms with Crippen LogP contribution < -0.4 is 15.4 Å². The summed E-state index contributed by atoms with van der Waals surface area (Å²) in [5.74, 6) is 0.293. The van der Waals surface area contributed by atoms with Gasteiger partial charge in [0.2, 0.25) is 5.91 Å². The third kappa shape index (κ3) is 2.79. The van der Waals surface area contributed by atoms with E-state index < -0.39 is 0 Å². The van der Waals surface area contributed by atoms with Crippen molar-refractivity contribution in [2.75, 3.05) is 17.2 Å². The van der Waals surface area contributed by atoms with Crippen LogP contribution in [-0.4, -0.2) is 18.4 Å². The van der Waals surface area contributed by atoms with Gasteiger partial charge in [0, 0.05) is 11.4 Å². The Bertz CT molecular complexity index is 740. The standard InChI is InChI=1S/C17H16N2O3/c1-2-22-15-6-4-3-5-13(15)17(21)18-12-7-8-14-11(9-12)10-16(20)19-14/h3-9H,2,10H2,1H3,(H,18,21)(H,19,20). The predicted octanol–water partition coefficient (Wildman–Crippen LogP) is 2.83. The van der Waals surface area contributed by atoms with Crippen LogP contribution in [0.4, 0.5) is 11.4 Å². The lowest BCUT2D eigenvalue weighted by atomic mass is 10.1. The first-order valence-corrected chi connectivity index (χ1v) is 7.13. The maximum absolute atomic E-state index is 12.4. The zero-order valence-electron chi connectivity index (χ0n) is 12.2. The molecule has 2 amide bonds. The van der Waals surface area contributed by atoms with Crippen LogP contribution in [0.1, 0.15) is 22.8 Å².